The molecule has 1 aromatic rings. The van der Waals surface area contributed by atoms with Crippen LogP contribution in [0.5, 0.6) is 0 Å². The van der Waals surface area contributed by atoms with E-state index in [1.807, 2.05) is 7.05 Å². The van der Waals surface area contributed by atoms with Gasteiger partial charge in [0.2, 0.25) is 0 Å². The van der Waals surface area contributed by atoms with E-state index in [0.29, 0.717) is 31.6 Å². The van der Waals surface area contributed by atoms with Gasteiger partial charge in [0.25, 0.3) is 0 Å². The van der Waals surface area contributed by atoms with Crippen molar-refractivity contribution in [2.45, 2.75) is 6.42 Å². The lowest BCUT2D eigenvalue weighted by molar-refractivity contribution is 0.310. The number of nitrogens with two attached hydrogens (primary N) is 1. The number of anilines is 1. The van der Waals surface area contributed by atoms with Crippen molar-refractivity contribution in [3.63, 3.8) is 0 Å². The third-order valence-corrected chi connectivity index (χ3v) is 3.33. The van der Waals surface area contributed by atoms with Crippen LogP contribution >= 0.6 is 0 Å². The van der Waals surface area contributed by atoms with Gasteiger partial charge >= 0.3 is 0 Å². The van der Waals surface area contributed by atoms with E-state index in [0.717, 1.165) is 13.1 Å². The van der Waals surface area contributed by atoms with Gasteiger partial charge in [-0.1, -0.05) is 0 Å². The van der Waals surface area contributed by atoms with Gasteiger partial charge in [-0.2, -0.15) is 0 Å². The molecule has 0 unspecified atom stereocenters. The monoisotopic (exact) mass is 255 g/mol. The topological polar surface area (TPSA) is 32.5 Å². The first-order valence-electron chi connectivity index (χ1n) is 6.23. The average molecular weight is 255 g/mol. The molecule has 0 amide bonds. The maximum Gasteiger partial charge on any atom is 0.149 e. The van der Waals surface area contributed by atoms with Crippen molar-refractivity contribution >= 4 is 5.69 Å². The molecule has 5 heteroatoms. The first kappa shape index (κ1) is 13.2. The van der Waals surface area contributed by atoms with Crippen LogP contribution in [0.15, 0.2) is 12.1 Å². The van der Waals surface area contributed by atoms with Crippen LogP contribution in [-0.4, -0.2) is 44.7 Å². The molecule has 0 bridgehead atoms. The number of rotatable bonds is 3. The molecule has 100 valence electrons. The number of halogens is 2. The van der Waals surface area contributed by atoms with Crippen LogP contribution in [-0.2, 0) is 6.42 Å². The summed E-state index contributed by atoms with van der Waals surface area (Å²) in [7, 11) is 2.01. The summed E-state index contributed by atoms with van der Waals surface area (Å²) in [6.07, 6.45) is 0.497. The second-order valence-corrected chi connectivity index (χ2v) is 4.74. The van der Waals surface area contributed by atoms with Gasteiger partial charge in [-0.15, -0.1) is 0 Å². The van der Waals surface area contributed by atoms with Crippen molar-refractivity contribution in [3.8, 4) is 0 Å². The maximum absolute atomic E-state index is 14.0. The minimum Gasteiger partial charge on any atom is -0.364 e. The third-order valence-electron chi connectivity index (χ3n) is 3.33. The van der Waals surface area contributed by atoms with Crippen LogP contribution in [0.1, 0.15) is 5.56 Å². The number of piperazine rings is 1. The van der Waals surface area contributed by atoms with Crippen LogP contribution in [0, 0.1) is 11.6 Å². The van der Waals surface area contributed by atoms with E-state index in [-0.39, 0.29) is 5.69 Å². The van der Waals surface area contributed by atoms with Crippen LogP contribution < -0.4 is 10.6 Å². The van der Waals surface area contributed by atoms with Crippen LogP contribution in [0.25, 0.3) is 0 Å². The van der Waals surface area contributed by atoms with Crippen molar-refractivity contribution in [3.05, 3.63) is 29.3 Å². The fourth-order valence-corrected chi connectivity index (χ4v) is 2.26. The summed E-state index contributed by atoms with van der Waals surface area (Å²) in [5, 5.41) is 0. The molecule has 3 nitrogen and oxygen atoms in total. The van der Waals surface area contributed by atoms with E-state index in [1.54, 1.807) is 4.90 Å². The lowest BCUT2D eigenvalue weighted by atomic mass is 10.1. The summed E-state index contributed by atoms with van der Waals surface area (Å²) < 4.78 is 28.0. The third kappa shape index (κ3) is 2.79. The molecule has 1 aromatic carbocycles. The van der Waals surface area contributed by atoms with Gasteiger partial charge < -0.3 is 15.5 Å². The second kappa shape index (κ2) is 5.63. The fraction of sp³-hybridized carbons (Fsp3) is 0.538. The standard InChI is InChI=1S/C13H19F2N3/c1-17-4-6-18(7-5-17)13-11(14)8-10(2-3-16)9-12(13)15/h8-9H,2-7,16H2,1H3. The zero-order chi connectivity index (χ0) is 13.1. The van der Waals surface area contributed by atoms with Crippen molar-refractivity contribution in [1.29, 1.82) is 0 Å². The summed E-state index contributed by atoms with van der Waals surface area (Å²) >= 11 is 0. The van der Waals surface area contributed by atoms with Crippen LogP contribution in [0.4, 0.5) is 14.5 Å². The molecule has 0 aliphatic carbocycles. The highest BCUT2D eigenvalue weighted by Crippen LogP contribution is 2.26. The van der Waals surface area contributed by atoms with Crippen molar-refractivity contribution in [2.75, 3.05) is 44.7 Å². The number of hydrogen-bond donors (Lipinski definition) is 1. The van der Waals surface area contributed by atoms with Crippen molar-refractivity contribution in [2.24, 2.45) is 5.73 Å². The number of nitrogens with zero attached hydrogens (tertiary/aromatic N) is 2. The maximum atomic E-state index is 14.0. The van der Waals surface area contributed by atoms with Gasteiger partial charge in [0, 0.05) is 26.2 Å². The molecular weight excluding hydrogens is 236 g/mol. The molecule has 2 N–H and O–H groups in total. The molecule has 1 aliphatic rings. The largest absolute Gasteiger partial charge is 0.364 e. The Morgan fingerprint density at radius 2 is 1.67 bits per heavy atom. The number of benzene rings is 1. The van der Waals surface area contributed by atoms with E-state index in [1.165, 1.54) is 12.1 Å². The average Bonchev–Trinajstić information content (AvgIpc) is 2.31. The molecule has 2 rings (SSSR count). The molecule has 0 radical (unpaired) electrons. The minimum absolute atomic E-state index is 0.101. The van der Waals surface area contributed by atoms with Gasteiger partial charge in [-0.25, -0.2) is 8.78 Å². The Morgan fingerprint density at radius 3 is 2.17 bits per heavy atom. The zero-order valence-electron chi connectivity index (χ0n) is 10.6. The van der Waals surface area contributed by atoms with Gasteiger partial charge in [0.1, 0.15) is 17.3 Å². The first-order valence-corrected chi connectivity index (χ1v) is 6.23. The van der Waals surface area contributed by atoms with Crippen molar-refractivity contribution < 1.29 is 8.78 Å². The summed E-state index contributed by atoms with van der Waals surface area (Å²) in [4.78, 5) is 3.92. The van der Waals surface area contributed by atoms with E-state index < -0.39 is 11.6 Å². The molecule has 0 spiro atoms. The Labute approximate surface area is 106 Å². The number of hydrogen-bond acceptors (Lipinski definition) is 3. The quantitative estimate of drug-likeness (QED) is 0.881. The van der Waals surface area contributed by atoms with E-state index >= 15 is 0 Å². The first-order chi connectivity index (χ1) is 8.61. The summed E-state index contributed by atoms with van der Waals surface area (Å²) in [5.74, 6) is -0.967. The molecule has 1 saturated heterocycles. The fourth-order valence-electron chi connectivity index (χ4n) is 2.26. The Bertz CT molecular complexity index is 392. The molecule has 1 fully saturated rings. The highest BCUT2D eigenvalue weighted by molar-refractivity contribution is 5.51. The molecule has 18 heavy (non-hydrogen) atoms. The summed E-state index contributed by atoms with van der Waals surface area (Å²) in [6.45, 7) is 3.35. The normalized spacial score (nSPS) is 17.2. The van der Waals surface area contributed by atoms with E-state index in [9.17, 15) is 8.78 Å². The Kier molecular flexibility index (Phi) is 4.14. The molecule has 0 saturated carbocycles. The predicted molar refractivity (Wildman–Crippen MR) is 68.8 cm³/mol. The highest BCUT2D eigenvalue weighted by Gasteiger charge is 2.21. The Morgan fingerprint density at radius 1 is 1.11 bits per heavy atom. The molecule has 0 aromatic heterocycles. The Balaban J connectivity index is 2.22. The smallest absolute Gasteiger partial charge is 0.149 e. The molecule has 1 heterocycles. The van der Waals surface area contributed by atoms with Gasteiger partial charge in [-0.05, 0) is 37.7 Å². The second-order valence-electron chi connectivity index (χ2n) is 4.74. The van der Waals surface area contributed by atoms with Crippen molar-refractivity contribution in [1.82, 2.24) is 4.90 Å². The molecule has 1 aliphatic heterocycles. The number of likely N-dealkylation sites (N-methyl/N-ethyl adjacent to an activating group) is 1. The van der Waals surface area contributed by atoms with E-state index in [2.05, 4.69) is 4.90 Å². The minimum atomic E-state index is -0.483. The van der Waals surface area contributed by atoms with Gasteiger partial charge in [-0.3, -0.25) is 0 Å². The predicted octanol–water partition coefficient (Wildman–Crippen LogP) is 1.22. The SMILES string of the molecule is CN1CCN(c2c(F)cc(CCN)cc2F)CC1. The molecule has 0 atom stereocenters. The summed E-state index contributed by atoms with van der Waals surface area (Å²) in [6, 6.07) is 2.78. The van der Waals surface area contributed by atoms with Gasteiger partial charge in [0.15, 0.2) is 0 Å². The lowest BCUT2D eigenvalue weighted by Crippen LogP contribution is -2.45. The van der Waals surface area contributed by atoms with E-state index in [4.69, 9.17) is 5.73 Å². The van der Waals surface area contributed by atoms with Crippen LogP contribution in [0.3, 0.4) is 0 Å². The molecular formula is C13H19F2N3. The highest BCUT2D eigenvalue weighted by atomic mass is 19.1. The Hall–Kier alpha value is -1.20. The van der Waals surface area contributed by atoms with Crippen LogP contribution in [0.2, 0.25) is 0 Å². The lowest BCUT2D eigenvalue weighted by Gasteiger charge is -2.34. The zero-order valence-corrected chi connectivity index (χ0v) is 10.6. The van der Waals surface area contributed by atoms with Gasteiger partial charge in [0.05, 0.1) is 0 Å². The summed E-state index contributed by atoms with van der Waals surface area (Å²) in [5.41, 5.74) is 6.11.